The highest BCUT2D eigenvalue weighted by Crippen LogP contribution is 2.38. The molecule has 0 spiro atoms. The van der Waals surface area contributed by atoms with Gasteiger partial charge in [-0.25, -0.2) is 0 Å². The summed E-state index contributed by atoms with van der Waals surface area (Å²) in [6, 6.07) is 0. The van der Waals surface area contributed by atoms with E-state index in [9.17, 15) is 9.59 Å². The van der Waals surface area contributed by atoms with Crippen molar-refractivity contribution < 1.29 is 14.3 Å². The fourth-order valence-corrected chi connectivity index (χ4v) is 4.94. The van der Waals surface area contributed by atoms with Crippen molar-refractivity contribution in [1.82, 2.24) is 5.32 Å². The standard InChI is InChI=1S/C20H28N2O3S/c1-25-13-7-12-21-19(24)17-15-10-5-6-11-16(15)26-20(17)22-18(23)14-8-3-2-4-9-14/h2-3,14H,4-13H2,1H3,(H,21,24)(H,22,23)/t14-/m0/s1. The maximum atomic E-state index is 12.8. The first-order valence-corrected chi connectivity index (χ1v) is 10.4. The van der Waals surface area contributed by atoms with Crippen LogP contribution in [0.2, 0.25) is 0 Å². The van der Waals surface area contributed by atoms with Gasteiger partial charge in [-0.1, -0.05) is 12.2 Å². The van der Waals surface area contributed by atoms with E-state index in [1.165, 1.54) is 4.88 Å². The first-order valence-electron chi connectivity index (χ1n) is 9.58. The number of ether oxygens (including phenoxy) is 1. The summed E-state index contributed by atoms with van der Waals surface area (Å²) in [5.74, 6) is -0.0162. The number of nitrogens with one attached hydrogen (secondary N) is 2. The number of rotatable bonds is 7. The monoisotopic (exact) mass is 376 g/mol. The topological polar surface area (TPSA) is 67.4 Å². The number of carbonyl (C=O) groups excluding carboxylic acids is 2. The van der Waals surface area contributed by atoms with Crippen LogP contribution in [0.5, 0.6) is 0 Å². The van der Waals surface area contributed by atoms with Crippen LogP contribution in [0, 0.1) is 5.92 Å². The molecule has 5 nitrogen and oxygen atoms in total. The molecule has 1 atom stereocenters. The van der Waals surface area contributed by atoms with Crippen molar-refractivity contribution in [2.45, 2.75) is 51.4 Å². The number of methoxy groups -OCH3 is 1. The molecule has 2 N–H and O–H groups in total. The molecule has 0 saturated carbocycles. The van der Waals surface area contributed by atoms with E-state index in [-0.39, 0.29) is 17.7 Å². The van der Waals surface area contributed by atoms with Crippen molar-refractivity contribution in [1.29, 1.82) is 0 Å². The summed E-state index contributed by atoms with van der Waals surface area (Å²) >= 11 is 1.59. The van der Waals surface area contributed by atoms with Crippen molar-refractivity contribution in [2.75, 3.05) is 25.6 Å². The summed E-state index contributed by atoms with van der Waals surface area (Å²) in [6.07, 6.45) is 11.8. The lowest BCUT2D eigenvalue weighted by Crippen LogP contribution is -2.28. The maximum Gasteiger partial charge on any atom is 0.254 e. The maximum absolute atomic E-state index is 12.8. The number of anilines is 1. The molecule has 0 radical (unpaired) electrons. The molecule has 1 aromatic heterocycles. The number of thiophene rings is 1. The van der Waals surface area contributed by atoms with Gasteiger partial charge in [0.1, 0.15) is 5.00 Å². The number of amides is 2. The highest BCUT2D eigenvalue weighted by Gasteiger charge is 2.28. The lowest BCUT2D eigenvalue weighted by atomic mass is 9.93. The van der Waals surface area contributed by atoms with Crippen LogP contribution in [0.3, 0.4) is 0 Å². The van der Waals surface area contributed by atoms with E-state index < -0.39 is 0 Å². The number of aryl methyl sites for hydroxylation is 1. The molecule has 1 aromatic rings. The van der Waals surface area contributed by atoms with E-state index in [4.69, 9.17) is 4.74 Å². The van der Waals surface area contributed by atoms with Crippen LogP contribution in [-0.2, 0) is 22.4 Å². The Labute approximate surface area is 159 Å². The molecule has 2 aliphatic carbocycles. The SMILES string of the molecule is COCCCNC(=O)c1c(NC(=O)[C@H]2CC=CCC2)sc2c1CCCC2. The average Bonchev–Trinajstić information content (AvgIpc) is 3.03. The third-order valence-corrected chi connectivity index (χ3v) is 6.29. The summed E-state index contributed by atoms with van der Waals surface area (Å²) in [5, 5.41) is 6.81. The first kappa shape index (κ1) is 19.1. The molecule has 6 heteroatoms. The van der Waals surface area contributed by atoms with Gasteiger partial charge in [0.25, 0.3) is 5.91 Å². The number of carbonyl (C=O) groups is 2. The van der Waals surface area contributed by atoms with E-state index >= 15 is 0 Å². The Morgan fingerprint density at radius 3 is 2.88 bits per heavy atom. The Morgan fingerprint density at radius 2 is 2.12 bits per heavy atom. The lowest BCUT2D eigenvalue weighted by Gasteiger charge is -2.17. The molecule has 2 amide bonds. The normalized spacial score (nSPS) is 19.0. The van der Waals surface area contributed by atoms with Crippen LogP contribution in [0.4, 0.5) is 5.00 Å². The Bertz CT molecular complexity index is 681. The quantitative estimate of drug-likeness (QED) is 0.563. The van der Waals surface area contributed by atoms with E-state index in [0.717, 1.165) is 61.9 Å². The summed E-state index contributed by atoms with van der Waals surface area (Å²) in [4.78, 5) is 26.7. The van der Waals surface area contributed by atoms with Gasteiger partial charge in [0.2, 0.25) is 5.91 Å². The van der Waals surface area contributed by atoms with E-state index in [0.29, 0.717) is 18.7 Å². The second-order valence-corrected chi connectivity index (χ2v) is 8.09. The van der Waals surface area contributed by atoms with Gasteiger partial charge < -0.3 is 15.4 Å². The van der Waals surface area contributed by atoms with Crippen LogP contribution in [-0.4, -0.2) is 32.1 Å². The third-order valence-electron chi connectivity index (χ3n) is 5.09. The molecule has 26 heavy (non-hydrogen) atoms. The second kappa shape index (κ2) is 9.33. The Morgan fingerprint density at radius 1 is 1.27 bits per heavy atom. The minimum atomic E-state index is -0.0701. The van der Waals surface area contributed by atoms with Gasteiger partial charge in [-0.05, 0) is 56.9 Å². The fraction of sp³-hybridized carbons (Fsp3) is 0.600. The zero-order valence-electron chi connectivity index (χ0n) is 15.4. The number of allylic oxidation sites excluding steroid dienone is 2. The van der Waals surface area contributed by atoms with Crippen molar-refractivity contribution >= 4 is 28.2 Å². The van der Waals surface area contributed by atoms with Crippen molar-refractivity contribution in [3.05, 3.63) is 28.2 Å². The van der Waals surface area contributed by atoms with Crippen LogP contribution in [0.1, 0.15) is 59.3 Å². The smallest absolute Gasteiger partial charge is 0.254 e. The highest BCUT2D eigenvalue weighted by atomic mass is 32.1. The molecule has 0 bridgehead atoms. The van der Waals surface area contributed by atoms with E-state index in [1.807, 2.05) is 0 Å². The van der Waals surface area contributed by atoms with Crippen LogP contribution < -0.4 is 10.6 Å². The average molecular weight is 377 g/mol. The second-order valence-electron chi connectivity index (χ2n) is 6.99. The van der Waals surface area contributed by atoms with Gasteiger partial charge in [0, 0.05) is 31.1 Å². The Kier molecular flexibility index (Phi) is 6.86. The van der Waals surface area contributed by atoms with Crippen molar-refractivity contribution in [3.63, 3.8) is 0 Å². The lowest BCUT2D eigenvalue weighted by molar-refractivity contribution is -0.120. The molecular weight excluding hydrogens is 348 g/mol. The van der Waals surface area contributed by atoms with Gasteiger partial charge in [-0.15, -0.1) is 11.3 Å². The van der Waals surface area contributed by atoms with Crippen molar-refractivity contribution in [3.8, 4) is 0 Å². The number of fused-ring (bicyclic) bond motifs is 1. The van der Waals surface area contributed by atoms with E-state index in [2.05, 4.69) is 22.8 Å². The van der Waals surface area contributed by atoms with Gasteiger partial charge >= 0.3 is 0 Å². The summed E-state index contributed by atoms with van der Waals surface area (Å²) in [6.45, 7) is 1.21. The van der Waals surface area contributed by atoms with Crippen LogP contribution in [0.25, 0.3) is 0 Å². The van der Waals surface area contributed by atoms with Gasteiger partial charge in [-0.3, -0.25) is 9.59 Å². The minimum Gasteiger partial charge on any atom is -0.385 e. The minimum absolute atomic E-state index is 0.0109. The molecule has 142 valence electrons. The molecular formula is C20H28N2O3S. The Hall–Kier alpha value is -1.66. The van der Waals surface area contributed by atoms with Crippen molar-refractivity contribution in [2.24, 2.45) is 5.92 Å². The zero-order valence-corrected chi connectivity index (χ0v) is 16.3. The highest BCUT2D eigenvalue weighted by molar-refractivity contribution is 7.17. The van der Waals surface area contributed by atoms with E-state index in [1.54, 1.807) is 18.4 Å². The molecule has 2 aliphatic rings. The summed E-state index contributed by atoms with van der Waals surface area (Å²) in [7, 11) is 1.66. The fourth-order valence-electron chi connectivity index (χ4n) is 3.65. The summed E-state index contributed by atoms with van der Waals surface area (Å²) < 4.78 is 5.04. The van der Waals surface area contributed by atoms with Crippen LogP contribution >= 0.6 is 11.3 Å². The molecule has 1 heterocycles. The van der Waals surface area contributed by atoms with Gasteiger partial charge in [0.05, 0.1) is 5.56 Å². The zero-order chi connectivity index (χ0) is 18.4. The largest absolute Gasteiger partial charge is 0.385 e. The number of hydrogen-bond acceptors (Lipinski definition) is 4. The molecule has 0 aromatic carbocycles. The Balaban J connectivity index is 1.75. The van der Waals surface area contributed by atoms with Gasteiger partial charge in [-0.2, -0.15) is 0 Å². The van der Waals surface area contributed by atoms with Crippen LogP contribution in [0.15, 0.2) is 12.2 Å². The predicted molar refractivity (Wildman–Crippen MR) is 105 cm³/mol. The third kappa shape index (κ3) is 4.54. The predicted octanol–water partition coefficient (Wildman–Crippen LogP) is 3.69. The molecule has 0 unspecified atom stereocenters. The molecule has 0 aliphatic heterocycles. The molecule has 0 saturated heterocycles. The summed E-state index contributed by atoms with van der Waals surface area (Å²) in [5.41, 5.74) is 1.84. The molecule has 3 rings (SSSR count). The number of hydrogen-bond donors (Lipinski definition) is 2. The first-order chi connectivity index (χ1) is 12.7. The molecule has 0 fully saturated rings. The van der Waals surface area contributed by atoms with Gasteiger partial charge in [0.15, 0.2) is 0 Å².